The number of ether oxygens (including phenoxy) is 1. The largest absolute Gasteiger partial charge is 0.466 e. The van der Waals surface area contributed by atoms with Crippen molar-refractivity contribution in [3.63, 3.8) is 0 Å². The third-order valence-corrected chi connectivity index (χ3v) is 4.69. The van der Waals surface area contributed by atoms with Crippen LogP contribution in [0, 0.1) is 5.92 Å². The number of nitrogens with one attached hydrogen (secondary N) is 2. The fourth-order valence-electron chi connectivity index (χ4n) is 2.79. The predicted molar refractivity (Wildman–Crippen MR) is 90.0 cm³/mol. The van der Waals surface area contributed by atoms with Crippen LogP contribution >= 0.6 is 23.2 Å². The van der Waals surface area contributed by atoms with Crippen molar-refractivity contribution in [3.05, 3.63) is 28.2 Å². The number of carbonyl (C=O) groups is 2. The molecule has 0 saturated carbocycles. The quantitative estimate of drug-likeness (QED) is 0.788. The molecule has 2 N–H and O–H groups in total. The normalized spacial score (nSPS) is 20.8. The van der Waals surface area contributed by atoms with Crippen LogP contribution in [0.3, 0.4) is 0 Å². The highest BCUT2D eigenvalue weighted by Crippen LogP contribution is 2.29. The molecule has 0 aliphatic carbocycles. The summed E-state index contributed by atoms with van der Waals surface area (Å²) in [5.74, 6) is -0.432. The molecule has 23 heavy (non-hydrogen) atoms. The van der Waals surface area contributed by atoms with Crippen LogP contribution < -0.4 is 10.2 Å². The van der Waals surface area contributed by atoms with Crippen LogP contribution in [0.25, 0.3) is 0 Å². The van der Waals surface area contributed by atoms with Gasteiger partial charge in [-0.05, 0) is 31.9 Å². The molecule has 1 heterocycles. The van der Waals surface area contributed by atoms with Crippen molar-refractivity contribution < 1.29 is 19.2 Å². The molecular formula is C16H21Cl2N2O3+. The van der Waals surface area contributed by atoms with Gasteiger partial charge >= 0.3 is 5.97 Å². The lowest BCUT2D eigenvalue weighted by atomic mass is 9.98. The molecule has 7 heteroatoms. The molecule has 0 bridgehead atoms. The van der Waals surface area contributed by atoms with E-state index in [0.29, 0.717) is 35.4 Å². The topological polar surface area (TPSA) is 59.8 Å². The fraction of sp³-hybridized carbons (Fsp3) is 0.500. The second-order valence-corrected chi connectivity index (χ2v) is 6.41. The van der Waals surface area contributed by atoms with E-state index in [9.17, 15) is 9.59 Å². The molecule has 126 valence electrons. The van der Waals surface area contributed by atoms with Gasteiger partial charge in [0.25, 0.3) is 5.91 Å². The summed E-state index contributed by atoms with van der Waals surface area (Å²) in [5, 5.41) is 3.51. The molecule has 1 aromatic rings. The van der Waals surface area contributed by atoms with Gasteiger partial charge in [-0.15, -0.1) is 0 Å². The molecule has 1 amide bonds. The highest BCUT2D eigenvalue weighted by atomic mass is 35.5. The van der Waals surface area contributed by atoms with Crippen LogP contribution in [0.5, 0.6) is 0 Å². The van der Waals surface area contributed by atoms with Crippen molar-refractivity contribution >= 4 is 40.8 Å². The highest BCUT2D eigenvalue weighted by molar-refractivity contribution is 6.43. The lowest BCUT2D eigenvalue weighted by Gasteiger charge is -2.28. The minimum atomic E-state index is -0.164. The molecule has 0 radical (unpaired) electrons. The lowest BCUT2D eigenvalue weighted by Crippen LogP contribution is -3.14. The first-order valence-electron chi connectivity index (χ1n) is 7.75. The molecule has 0 spiro atoms. The molecule has 1 aliphatic heterocycles. The van der Waals surface area contributed by atoms with Crippen LogP contribution in [0.15, 0.2) is 18.2 Å². The maximum Gasteiger partial charge on any atom is 0.314 e. The Morgan fingerprint density at radius 3 is 2.91 bits per heavy atom. The maximum atomic E-state index is 12.2. The van der Waals surface area contributed by atoms with Gasteiger partial charge < -0.3 is 15.0 Å². The third-order valence-electron chi connectivity index (χ3n) is 3.87. The number of piperidine rings is 1. The van der Waals surface area contributed by atoms with E-state index in [0.717, 1.165) is 24.3 Å². The van der Waals surface area contributed by atoms with Gasteiger partial charge in [0.1, 0.15) is 5.92 Å². The molecular weight excluding hydrogens is 339 g/mol. The Labute approximate surface area is 145 Å². The molecule has 0 aromatic heterocycles. The van der Waals surface area contributed by atoms with Crippen molar-refractivity contribution in [3.8, 4) is 0 Å². The van der Waals surface area contributed by atoms with E-state index in [1.165, 1.54) is 0 Å². The summed E-state index contributed by atoms with van der Waals surface area (Å²) in [5.41, 5.74) is 0.502. The van der Waals surface area contributed by atoms with Crippen LogP contribution in [0.2, 0.25) is 10.0 Å². The zero-order valence-corrected chi connectivity index (χ0v) is 14.5. The first kappa shape index (κ1) is 18.0. The number of hydrogen-bond donors (Lipinski definition) is 2. The average molecular weight is 360 g/mol. The smallest absolute Gasteiger partial charge is 0.314 e. The minimum absolute atomic E-state index is 0.124. The summed E-state index contributed by atoms with van der Waals surface area (Å²) in [4.78, 5) is 25.1. The summed E-state index contributed by atoms with van der Waals surface area (Å²) in [7, 11) is 0. The van der Waals surface area contributed by atoms with Gasteiger partial charge in [-0.2, -0.15) is 0 Å². The second kappa shape index (κ2) is 8.52. The van der Waals surface area contributed by atoms with Crippen molar-refractivity contribution in [2.24, 2.45) is 5.92 Å². The Kier molecular flexibility index (Phi) is 6.69. The van der Waals surface area contributed by atoms with E-state index >= 15 is 0 Å². The number of halogens is 2. The Balaban J connectivity index is 1.89. The lowest BCUT2D eigenvalue weighted by molar-refractivity contribution is -0.899. The molecule has 2 rings (SSSR count). The SMILES string of the molecule is CCOC(=O)[C@H]1CCC[NH+](CC(=O)Nc2cccc(Cl)c2Cl)C1. The first-order chi connectivity index (χ1) is 11.0. The zero-order valence-electron chi connectivity index (χ0n) is 13.0. The van der Waals surface area contributed by atoms with E-state index in [2.05, 4.69) is 5.32 Å². The van der Waals surface area contributed by atoms with E-state index < -0.39 is 0 Å². The summed E-state index contributed by atoms with van der Waals surface area (Å²) in [6, 6.07) is 5.10. The predicted octanol–water partition coefficient (Wildman–Crippen LogP) is 1.79. The van der Waals surface area contributed by atoms with Crippen molar-refractivity contribution in [2.75, 3.05) is 31.6 Å². The second-order valence-electron chi connectivity index (χ2n) is 5.62. The Hall–Kier alpha value is -1.30. The van der Waals surface area contributed by atoms with Gasteiger partial charge in [-0.25, -0.2) is 0 Å². The van der Waals surface area contributed by atoms with E-state index in [-0.39, 0.29) is 17.8 Å². The van der Waals surface area contributed by atoms with Gasteiger partial charge in [-0.3, -0.25) is 9.59 Å². The Morgan fingerprint density at radius 1 is 1.39 bits per heavy atom. The van der Waals surface area contributed by atoms with Gasteiger partial charge in [-0.1, -0.05) is 29.3 Å². The Bertz CT molecular complexity index is 580. The molecule has 1 fully saturated rings. The number of hydrogen-bond acceptors (Lipinski definition) is 3. The summed E-state index contributed by atoms with van der Waals surface area (Å²) in [6.07, 6.45) is 1.73. The van der Waals surface area contributed by atoms with Crippen LogP contribution in [0.1, 0.15) is 19.8 Å². The van der Waals surface area contributed by atoms with Crippen LogP contribution in [0.4, 0.5) is 5.69 Å². The molecule has 1 unspecified atom stereocenters. The molecule has 1 saturated heterocycles. The minimum Gasteiger partial charge on any atom is -0.466 e. The van der Waals surface area contributed by atoms with Gasteiger partial charge in [0.2, 0.25) is 0 Å². The number of carbonyl (C=O) groups excluding carboxylic acids is 2. The number of esters is 1. The molecule has 2 atom stereocenters. The first-order valence-corrected chi connectivity index (χ1v) is 8.51. The Morgan fingerprint density at radius 2 is 2.17 bits per heavy atom. The molecule has 1 aromatic carbocycles. The number of benzene rings is 1. The summed E-state index contributed by atoms with van der Waals surface area (Å²) in [6.45, 7) is 3.97. The number of rotatable bonds is 5. The van der Waals surface area contributed by atoms with Crippen LogP contribution in [-0.4, -0.2) is 38.1 Å². The number of likely N-dealkylation sites (tertiary alicyclic amines) is 1. The number of anilines is 1. The number of quaternary nitrogens is 1. The number of amides is 1. The van der Waals surface area contributed by atoms with Crippen LogP contribution in [-0.2, 0) is 14.3 Å². The van der Waals surface area contributed by atoms with Gasteiger partial charge in [0, 0.05) is 0 Å². The van der Waals surface area contributed by atoms with Crippen molar-refractivity contribution in [1.29, 1.82) is 0 Å². The molecule has 1 aliphatic rings. The van der Waals surface area contributed by atoms with Gasteiger partial charge in [0.15, 0.2) is 6.54 Å². The highest BCUT2D eigenvalue weighted by Gasteiger charge is 2.30. The zero-order chi connectivity index (χ0) is 16.8. The monoisotopic (exact) mass is 359 g/mol. The maximum absolute atomic E-state index is 12.2. The summed E-state index contributed by atoms with van der Waals surface area (Å²) >= 11 is 12.0. The standard InChI is InChI=1S/C16H20Cl2N2O3/c1-2-23-16(22)11-5-4-8-20(9-11)10-14(21)19-13-7-3-6-12(17)15(13)18/h3,6-7,11H,2,4-5,8-10H2,1H3,(H,19,21)/p+1/t11-/m0/s1. The fourth-order valence-corrected chi connectivity index (χ4v) is 3.14. The van der Waals surface area contributed by atoms with E-state index in [1.54, 1.807) is 25.1 Å². The third kappa shape index (κ3) is 5.09. The van der Waals surface area contributed by atoms with Gasteiger partial charge in [0.05, 0.1) is 35.4 Å². The average Bonchev–Trinajstić information content (AvgIpc) is 2.52. The van der Waals surface area contributed by atoms with Crippen molar-refractivity contribution in [2.45, 2.75) is 19.8 Å². The molecule has 5 nitrogen and oxygen atoms in total. The van der Waals surface area contributed by atoms with Crippen molar-refractivity contribution in [1.82, 2.24) is 0 Å². The van der Waals surface area contributed by atoms with E-state index in [4.69, 9.17) is 27.9 Å². The summed E-state index contributed by atoms with van der Waals surface area (Å²) < 4.78 is 5.07. The van der Waals surface area contributed by atoms with E-state index in [1.807, 2.05) is 0 Å².